The van der Waals surface area contributed by atoms with Gasteiger partial charge in [0, 0.05) is 28.4 Å². The molecule has 2 N–H and O–H groups in total. The highest BCUT2D eigenvalue weighted by Crippen LogP contribution is 2.34. The zero-order valence-corrected chi connectivity index (χ0v) is 15.3. The minimum Gasteiger partial charge on any atom is -0.444 e. The number of carbonyl (C=O) groups is 1. The molecule has 1 heterocycles. The van der Waals surface area contributed by atoms with Crippen LogP contribution >= 0.6 is 0 Å². The van der Waals surface area contributed by atoms with Crippen LogP contribution in [0.25, 0.3) is 16.5 Å². The van der Waals surface area contributed by atoms with Gasteiger partial charge in [-0.05, 0) is 44.5 Å². The van der Waals surface area contributed by atoms with Gasteiger partial charge in [0.1, 0.15) is 5.60 Å². The number of hydrogen-bond acceptors (Lipinski definition) is 2. The van der Waals surface area contributed by atoms with Gasteiger partial charge in [0.2, 0.25) is 0 Å². The Morgan fingerprint density at radius 3 is 2.41 bits per heavy atom. The molecule has 0 unspecified atom stereocenters. The molecular weight excluding hydrogens is 350 g/mol. The highest BCUT2D eigenvalue weighted by atomic mass is 19.3. The van der Waals surface area contributed by atoms with E-state index >= 15 is 0 Å². The summed E-state index contributed by atoms with van der Waals surface area (Å²) in [4.78, 5) is 15.0. The second kappa shape index (κ2) is 7.23. The van der Waals surface area contributed by atoms with Gasteiger partial charge in [-0.25, -0.2) is 4.79 Å². The molecule has 0 bridgehead atoms. The van der Waals surface area contributed by atoms with Crippen molar-refractivity contribution in [3.63, 3.8) is 0 Å². The number of ether oxygens (including phenoxy) is 1. The first-order chi connectivity index (χ1) is 12.7. The standard InChI is InChI=1S/C21H20F2N2O2/c1-21(2,3)27-20(26)25-14-9-10-17-15(11-14)16(12-24-17)18(19(22)23)13-7-5-4-6-8-13/h4-12,24H,1-3H3,(H,25,26). The highest BCUT2D eigenvalue weighted by molar-refractivity contribution is 5.99. The number of fused-ring (bicyclic) bond motifs is 1. The van der Waals surface area contributed by atoms with Crippen LogP contribution in [0.1, 0.15) is 31.9 Å². The van der Waals surface area contributed by atoms with E-state index in [0.717, 1.165) is 0 Å². The zero-order chi connectivity index (χ0) is 19.6. The number of amides is 1. The largest absolute Gasteiger partial charge is 0.444 e. The number of hydrogen-bond donors (Lipinski definition) is 2. The molecule has 6 heteroatoms. The number of carbonyl (C=O) groups excluding carboxylic acids is 1. The summed E-state index contributed by atoms with van der Waals surface area (Å²) in [6.07, 6.45) is -0.828. The number of halogens is 2. The van der Waals surface area contributed by atoms with Crippen LogP contribution in [0.4, 0.5) is 19.3 Å². The molecule has 0 spiro atoms. The van der Waals surface area contributed by atoms with Gasteiger partial charge in [0.15, 0.2) is 0 Å². The van der Waals surface area contributed by atoms with E-state index in [4.69, 9.17) is 4.74 Å². The van der Waals surface area contributed by atoms with Crippen molar-refractivity contribution in [3.05, 3.63) is 71.9 Å². The molecule has 140 valence electrons. The van der Waals surface area contributed by atoms with E-state index in [-0.39, 0.29) is 5.57 Å². The van der Waals surface area contributed by atoms with E-state index in [1.54, 1.807) is 75.5 Å². The quantitative estimate of drug-likeness (QED) is 0.579. The summed E-state index contributed by atoms with van der Waals surface area (Å²) >= 11 is 0. The van der Waals surface area contributed by atoms with Crippen LogP contribution in [0, 0.1) is 0 Å². The van der Waals surface area contributed by atoms with Gasteiger partial charge < -0.3 is 9.72 Å². The minimum atomic E-state index is -1.77. The zero-order valence-electron chi connectivity index (χ0n) is 15.3. The van der Waals surface area contributed by atoms with E-state index in [2.05, 4.69) is 10.3 Å². The van der Waals surface area contributed by atoms with Gasteiger partial charge in [-0.3, -0.25) is 5.32 Å². The first-order valence-corrected chi connectivity index (χ1v) is 8.47. The van der Waals surface area contributed by atoms with E-state index in [1.165, 1.54) is 0 Å². The lowest BCUT2D eigenvalue weighted by Gasteiger charge is -2.19. The summed E-state index contributed by atoms with van der Waals surface area (Å²) in [5.41, 5.74) is 1.16. The second-order valence-corrected chi connectivity index (χ2v) is 7.09. The second-order valence-electron chi connectivity index (χ2n) is 7.09. The van der Waals surface area contributed by atoms with Gasteiger partial charge >= 0.3 is 6.09 Å². The number of rotatable bonds is 3. The maximum absolute atomic E-state index is 13.7. The molecule has 0 aliphatic carbocycles. The van der Waals surface area contributed by atoms with Crippen molar-refractivity contribution in [2.24, 2.45) is 0 Å². The Hall–Kier alpha value is -3.15. The summed E-state index contributed by atoms with van der Waals surface area (Å²) in [6, 6.07) is 13.5. The average molecular weight is 370 g/mol. The number of benzene rings is 2. The Kier molecular flexibility index (Phi) is 4.99. The van der Waals surface area contributed by atoms with Gasteiger partial charge in [0.25, 0.3) is 6.08 Å². The minimum absolute atomic E-state index is 0.142. The van der Waals surface area contributed by atoms with Crippen molar-refractivity contribution in [3.8, 4) is 0 Å². The van der Waals surface area contributed by atoms with Gasteiger partial charge in [0.05, 0.1) is 5.57 Å². The lowest BCUT2D eigenvalue weighted by Crippen LogP contribution is -2.27. The third-order valence-corrected chi connectivity index (χ3v) is 3.85. The summed E-state index contributed by atoms with van der Waals surface area (Å²) in [7, 11) is 0. The fourth-order valence-electron chi connectivity index (χ4n) is 2.80. The van der Waals surface area contributed by atoms with Crippen molar-refractivity contribution in [1.82, 2.24) is 4.98 Å². The summed E-state index contributed by atoms with van der Waals surface area (Å²) in [5, 5.41) is 3.22. The molecule has 0 saturated carbocycles. The van der Waals surface area contributed by atoms with Crippen molar-refractivity contribution < 1.29 is 18.3 Å². The van der Waals surface area contributed by atoms with Crippen LogP contribution in [-0.4, -0.2) is 16.7 Å². The lowest BCUT2D eigenvalue weighted by atomic mass is 9.98. The molecule has 2 aromatic carbocycles. The Balaban J connectivity index is 2.00. The molecular formula is C21H20F2N2O2. The normalized spacial score (nSPS) is 11.3. The molecule has 1 aromatic heterocycles. The van der Waals surface area contributed by atoms with Crippen LogP contribution in [0.5, 0.6) is 0 Å². The fraction of sp³-hybridized carbons (Fsp3) is 0.190. The van der Waals surface area contributed by atoms with E-state index in [9.17, 15) is 13.6 Å². The average Bonchev–Trinajstić information content (AvgIpc) is 2.97. The summed E-state index contributed by atoms with van der Waals surface area (Å²) in [5.74, 6) is 0. The van der Waals surface area contributed by atoms with E-state index in [1.807, 2.05) is 0 Å². The van der Waals surface area contributed by atoms with Crippen LogP contribution < -0.4 is 5.32 Å². The van der Waals surface area contributed by atoms with Gasteiger partial charge in [-0.1, -0.05) is 30.3 Å². The molecule has 0 atom stereocenters. The molecule has 0 aliphatic heterocycles. The molecule has 1 amide bonds. The molecule has 0 aliphatic rings. The number of nitrogens with one attached hydrogen (secondary N) is 2. The topological polar surface area (TPSA) is 54.1 Å². The maximum atomic E-state index is 13.7. The Morgan fingerprint density at radius 1 is 1.07 bits per heavy atom. The predicted octanol–water partition coefficient (Wildman–Crippen LogP) is 6.17. The molecule has 3 rings (SSSR count). The van der Waals surface area contributed by atoms with E-state index < -0.39 is 17.8 Å². The van der Waals surface area contributed by atoms with Crippen LogP contribution in [-0.2, 0) is 4.74 Å². The predicted molar refractivity (Wildman–Crippen MR) is 103 cm³/mol. The number of H-pyrrole nitrogens is 1. The third kappa shape index (κ3) is 4.34. The van der Waals surface area contributed by atoms with Crippen molar-refractivity contribution >= 4 is 28.3 Å². The summed E-state index contributed by atoms with van der Waals surface area (Å²) in [6.45, 7) is 5.29. The monoisotopic (exact) mass is 370 g/mol. The maximum Gasteiger partial charge on any atom is 0.412 e. The van der Waals surface area contributed by atoms with E-state index in [0.29, 0.717) is 27.7 Å². The fourth-order valence-corrected chi connectivity index (χ4v) is 2.80. The first-order valence-electron chi connectivity index (χ1n) is 8.47. The smallest absolute Gasteiger partial charge is 0.412 e. The molecule has 0 radical (unpaired) electrons. The van der Waals surface area contributed by atoms with Crippen molar-refractivity contribution in [2.75, 3.05) is 5.32 Å². The van der Waals surface area contributed by atoms with Crippen molar-refractivity contribution in [2.45, 2.75) is 26.4 Å². The van der Waals surface area contributed by atoms with Gasteiger partial charge in [-0.15, -0.1) is 0 Å². The number of anilines is 1. The highest BCUT2D eigenvalue weighted by Gasteiger charge is 2.18. The van der Waals surface area contributed by atoms with Gasteiger partial charge in [-0.2, -0.15) is 8.78 Å². The molecule has 0 saturated heterocycles. The molecule has 4 nitrogen and oxygen atoms in total. The van der Waals surface area contributed by atoms with Crippen LogP contribution in [0.3, 0.4) is 0 Å². The Bertz CT molecular complexity index is 998. The molecule has 27 heavy (non-hydrogen) atoms. The first kappa shape index (κ1) is 18.6. The van der Waals surface area contributed by atoms with Crippen molar-refractivity contribution in [1.29, 1.82) is 0 Å². The summed E-state index contributed by atoms with van der Waals surface area (Å²) < 4.78 is 32.7. The SMILES string of the molecule is CC(C)(C)OC(=O)Nc1ccc2[nH]cc(C(=C(F)F)c3ccccc3)c2c1. The molecule has 3 aromatic rings. The Labute approximate surface area is 155 Å². The third-order valence-electron chi connectivity index (χ3n) is 3.85. The van der Waals surface area contributed by atoms with Crippen LogP contribution in [0.2, 0.25) is 0 Å². The number of aromatic amines is 1. The Morgan fingerprint density at radius 2 is 1.78 bits per heavy atom. The van der Waals surface area contributed by atoms with Crippen LogP contribution in [0.15, 0.2) is 60.8 Å². The number of aromatic nitrogens is 1. The molecule has 0 fully saturated rings. The lowest BCUT2D eigenvalue weighted by molar-refractivity contribution is 0.0636.